The highest BCUT2D eigenvalue weighted by Crippen LogP contribution is 2.43. The Labute approximate surface area is 135 Å². The second-order valence-corrected chi connectivity index (χ2v) is 8.10. The molecular weight excluding hydrogens is 279 g/mol. The summed E-state index contributed by atoms with van der Waals surface area (Å²) in [4.78, 5) is 0. The zero-order valence-electron chi connectivity index (χ0n) is 14.3. The molecule has 0 aromatic rings. The largest absolute Gasteiger partial charge is 0.175 e. The summed E-state index contributed by atoms with van der Waals surface area (Å²) in [5.41, 5.74) is 1.31. The molecule has 20 heavy (non-hydrogen) atoms. The lowest BCUT2D eigenvalue weighted by Crippen LogP contribution is -2.05. The molecule has 0 radical (unpaired) electrons. The van der Waals surface area contributed by atoms with Crippen LogP contribution in [0.5, 0.6) is 0 Å². The van der Waals surface area contributed by atoms with Gasteiger partial charge in [0.1, 0.15) is 0 Å². The lowest BCUT2D eigenvalue weighted by molar-refractivity contribution is 0.625. The van der Waals surface area contributed by atoms with Gasteiger partial charge in [-0.05, 0) is 50.1 Å². The second-order valence-electron chi connectivity index (χ2n) is 5.94. The number of thiol groups is 1. The van der Waals surface area contributed by atoms with Gasteiger partial charge in [0.15, 0.2) is 0 Å². The average Bonchev–Trinajstić information content (AvgIpc) is 2.89. The van der Waals surface area contributed by atoms with E-state index in [0.717, 1.165) is 5.49 Å². The molecule has 0 aliphatic heterocycles. The van der Waals surface area contributed by atoms with Crippen LogP contribution in [0.1, 0.15) is 65.2 Å². The van der Waals surface area contributed by atoms with Crippen molar-refractivity contribution in [1.29, 1.82) is 1.28 Å². The van der Waals surface area contributed by atoms with Crippen molar-refractivity contribution in [3.05, 3.63) is 24.3 Å². The number of rotatable bonds is 10. The minimum absolute atomic E-state index is 0.563. The minimum atomic E-state index is -0.657. The van der Waals surface area contributed by atoms with Gasteiger partial charge in [-0.2, -0.15) is 12.6 Å². The highest BCUT2D eigenvalue weighted by atomic mass is 32.1. The Kier molecular flexibility index (Phi) is 9.87. The van der Waals surface area contributed by atoms with Crippen LogP contribution in [0.25, 0.3) is 0 Å². The average molecular weight is 314 g/mol. The summed E-state index contributed by atoms with van der Waals surface area (Å²) in [5, 5.41) is 0. The van der Waals surface area contributed by atoms with Gasteiger partial charge in [0, 0.05) is 5.49 Å². The monoisotopic (exact) mass is 313 g/mol. The maximum Gasteiger partial charge on any atom is 0.0591 e. The zero-order valence-corrected chi connectivity index (χ0v) is 15.1. The fourth-order valence-electron chi connectivity index (χ4n) is 3.17. The summed E-state index contributed by atoms with van der Waals surface area (Å²) >= 11 is 4.35. The van der Waals surface area contributed by atoms with Crippen LogP contribution in [0.2, 0.25) is 0 Å². The van der Waals surface area contributed by atoms with Crippen molar-refractivity contribution in [1.82, 2.24) is 0 Å². The molecule has 0 nitrogen and oxygen atoms in total. The molecule has 0 aromatic carbocycles. The van der Waals surface area contributed by atoms with E-state index in [4.69, 9.17) is 1.28 Å². The quantitative estimate of drug-likeness (QED) is 0.204. The predicted octanol–water partition coefficient (Wildman–Crippen LogP) is 6.44. The molecule has 116 valence electrons. The Morgan fingerprint density at radius 2 is 2.00 bits per heavy atom. The first-order valence-electron chi connectivity index (χ1n) is 8.83. The fraction of sp³-hybridized carbons (Fsp3) is 0.778. The van der Waals surface area contributed by atoms with E-state index in [-0.39, 0.29) is 0 Å². The SMILES string of the molecule is [2H]P(CS)C1CC(/C=C/CCCCCCC)CC1/C=C/C. The van der Waals surface area contributed by atoms with Crippen LogP contribution in [0.15, 0.2) is 24.3 Å². The summed E-state index contributed by atoms with van der Waals surface area (Å²) in [6.45, 7) is 4.37. The molecule has 0 saturated heterocycles. The van der Waals surface area contributed by atoms with Crippen LogP contribution >= 0.6 is 21.2 Å². The first-order chi connectivity index (χ1) is 10.2. The fourth-order valence-corrected chi connectivity index (χ4v) is 4.92. The van der Waals surface area contributed by atoms with E-state index in [2.05, 4.69) is 50.8 Å². The molecule has 1 aliphatic rings. The molecule has 1 saturated carbocycles. The topological polar surface area (TPSA) is 0 Å². The van der Waals surface area contributed by atoms with Crippen molar-refractivity contribution in [2.24, 2.45) is 11.8 Å². The number of allylic oxidation sites excluding steroid dienone is 4. The van der Waals surface area contributed by atoms with Gasteiger partial charge in [-0.25, -0.2) is 0 Å². The molecule has 1 fully saturated rings. The summed E-state index contributed by atoms with van der Waals surface area (Å²) in [6.07, 6.45) is 19.8. The Morgan fingerprint density at radius 1 is 1.20 bits per heavy atom. The van der Waals surface area contributed by atoms with Crippen molar-refractivity contribution in [2.45, 2.75) is 70.9 Å². The standard InChI is InChI=1S/C18H33PS/c1-3-5-6-7-8-9-10-12-16-13-17(11-4-2)18(14-16)19-15-20/h4,10-12,16-20H,3,5-9,13-15H2,1-2H3/b11-4+,12-10+/i19D. The van der Waals surface area contributed by atoms with Gasteiger partial charge in [0.25, 0.3) is 0 Å². The van der Waals surface area contributed by atoms with E-state index in [0.29, 0.717) is 17.5 Å². The van der Waals surface area contributed by atoms with Crippen molar-refractivity contribution in [3.63, 3.8) is 0 Å². The van der Waals surface area contributed by atoms with Crippen molar-refractivity contribution < 1.29 is 0 Å². The highest BCUT2D eigenvalue weighted by molar-refractivity contribution is 7.86. The molecule has 0 heterocycles. The van der Waals surface area contributed by atoms with Gasteiger partial charge < -0.3 is 0 Å². The van der Waals surface area contributed by atoms with E-state index in [9.17, 15) is 0 Å². The highest BCUT2D eigenvalue weighted by Gasteiger charge is 2.30. The number of unbranched alkanes of at least 4 members (excludes halogenated alkanes) is 5. The summed E-state index contributed by atoms with van der Waals surface area (Å²) in [6, 6.07) is 0. The van der Waals surface area contributed by atoms with Crippen LogP contribution in [0.4, 0.5) is 0 Å². The molecule has 0 amide bonds. The number of hydrogen-bond acceptors (Lipinski definition) is 1. The molecule has 4 unspecified atom stereocenters. The van der Waals surface area contributed by atoms with Crippen LogP contribution in [0, 0.1) is 11.8 Å². The first kappa shape index (κ1) is 16.6. The maximum atomic E-state index is 8.25. The van der Waals surface area contributed by atoms with Crippen LogP contribution in [-0.2, 0) is 0 Å². The third-order valence-corrected chi connectivity index (χ3v) is 5.97. The second kappa shape index (κ2) is 11.9. The summed E-state index contributed by atoms with van der Waals surface area (Å²) in [5.74, 6) is 1.31. The van der Waals surface area contributed by atoms with Crippen molar-refractivity contribution in [2.75, 3.05) is 5.49 Å². The maximum absolute atomic E-state index is 8.25. The van der Waals surface area contributed by atoms with Gasteiger partial charge in [-0.15, -0.1) is 8.53 Å². The summed E-state index contributed by atoms with van der Waals surface area (Å²) < 4.78 is 8.25. The van der Waals surface area contributed by atoms with Gasteiger partial charge in [0.05, 0.1) is 1.28 Å². The van der Waals surface area contributed by atoms with Crippen LogP contribution in [0.3, 0.4) is 0 Å². The normalized spacial score (nSPS) is 29.4. The molecule has 0 aromatic heterocycles. The van der Waals surface area contributed by atoms with Crippen LogP contribution in [-0.4, -0.2) is 12.4 Å². The van der Waals surface area contributed by atoms with Crippen molar-refractivity contribution >= 4 is 21.2 Å². The van der Waals surface area contributed by atoms with E-state index < -0.39 is 8.53 Å². The predicted molar refractivity (Wildman–Crippen MR) is 99.5 cm³/mol. The van der Waals surface area contributed by atoms with Gasteiger partial charge in [-0.3, -0.25) is 0 Å². The Hall–Kier alpha value is 0.260. The van der Waals surface area contributed by atoms with E-state index in [1.807, 2.05) is 0 Å². The van der Waals surface area contributed by atoms with Crippen molar-refractivity contribution in [3.8, 4) is 0 Å². The molecule has 1 aliphatic carbocycles. The van der Waals surface area contributed by atoms with Gasteiger partial charge in [0.2, 0.25) is 0 Å². The van der Waals surface area contributed by atoms with Gasteiger partial charge >= 0.3 is 0 Å². The van der Waals surface area contributed by atoms with E-state index in [1.54, 1.807) is 0 Å². The number of hydrogen-bond donors (Lipinski definition) is 1. The van der Waals surface area contributed by atoms with Gasteiger partial charge in [-0.1, -0.05) is 56.9 Å². The lowest BCUT2D eigenvalue weighted by atomic mass is 10.0. The zero-order chi connectivity index (χ0) is 15.5. The molecule has 1 rings (SSSR count). The molecule has 0 N–H and O–H groups in total. The molecule has 0 spiro atoms. The Balaban J connectivity index is 2.32. The van der Waals surface area contributed by atoms with E-state index in [1.165, 1.54) is 51.4 Å². The van der Waals surface area contributed by atoms with Crippen LogP contribution < -0.4 is 0 Å². The molecule has 2 heteroatoms. The smallest absolute Gasteiger partial charge is 0.0591 e. The third kappa shape index (κ3) is 7.32. The minimum Gasteiger partial charge on any atom is -0.175 e. The molecular formula is C18H33PS. The lowest BCUT2D eigenvalue weighted by Gasteiger charge is -2.14. The molecule has 0 bridgehead atoms. The first-order valence-corrected chi connectivity index (χ1v) is 10.2. The Morgan fingerprint density at radius 3 is 2.70 bits per heavy atom. The summed E-state index contributed by atoms with van der Waals surface area (Å²) in [7, 11) is -0.657. The van der Waals surface area contributed by atoms with E-state index >= 15 is 0 Å². The molecule has 4 atom stereocenters. The Bertz CT molecular complexity index is 316. The third-order valence-electron chi connectivity index (χ3n) is 4.25.